The Morgan fingerprint density at radius 1 is 0.815 bits per heavy atom. The Morgan fingerprint density at radius 3 is 1.89 bits per heavy atom. The first kappa shape index (κ1) is 19.9. The van der Waals surface area contributed by atoms with Crippen molar-refractivity contribution in [3.05, 3.63) is 42.0 Å². The molecular formula is C19H22N2O6. The molecule has 27 heavy (non-hydrogen) atoms. The fourth-order valence-corrected chi connectivity index (χ4v) is 2.35. The molecule has 0 aliphatic carbocycles. The summed E-state index contributed by atoms with van der Waals surface area (Å²) in [4.78, 5) is 24.2. The van der Waals surface area contributed by atoms with Crippen LogP contribution < -0.4 is 29.6 Å². The number of hydrogen-bond donors (Lipinski definition) is 2. The van der Waals surface area contributed by atoms with Crippen molar-refractivity contribution in [2.24, 2.45) is 0 Å². The van der Waals surface area contributed by atoms with Gasteiger partial charge in [-0.25, -0.2) is 0 Å². The van der Waals surface area contributed by atoms with E-state index in [9.17, 15) is 9.59 Å². The van der Waals surface area contributed by atoms with E-state index in [0.717, 1.165) is 5.56 Å². The summed E-state index contributed by atoms with van der Waals surface area (Å²) in [5.74, 6) is 0.265. The molecule has 2 N–H and O–H groups in total. The van der Waals surface area contributed by atoms with Crippen molar-refractivity contribution in [1.29, 1.82) is 0 Å². The summed E-state index contributed by atoms with van der Waals surface area (Å²) in [6.07, 6.45) is 0. The second kappa shape index (κ2) is 9.33. The van der Waals surface area contributed by atoms with Crippen molar-refractivity contribution in [1.82, 2.24) is 5.32 Å². The SMILES string of the molecule is COc1ccc(CNC(=O)C(=O)Nc2cc(OC)c(OC)c(OC)c2)cc1. The lowest BCUT2D eigenvalue weighted by molar-refractivity contribution is -0.136. The highest BCUT2D eigenvalue weighted by Gasteiger charge is 2.17. The largest absolute Gasteiger partial charge is 0.497 e. The van der Waals surface area contributed by atoms with E-state index in [0.29, 0.717) is 28.7 Å². The van der Waals surface area contributed by atoms with Crippen molar-refractivity contribution in [2.45, 2.75) is 6.54 Å². The molecule has 0 aromatic heterocycles. The fraction of sp³-hybridized carbons (Fsp3) is 0.263. The van der Waals surface area contributed by atoms with Crippen molar-refractivity contribution in [2.75, 3.05) is 33.8 Å². The van der Waals surface area contributed by atoms with Crippen LogP contribution in [0, 0.1) is 0 Å². The van der Waals surface area contributed by atoms with Crippen molar-refractivity contribution < 1.29 is 28.5 Å². The maximum atomic E-state index is 12.1. The summed E-state index contributed by atoms with van der Waals surface area (Å²) < 4.78 is 20.7. The Bertz CT molecular complexity index is 779. The molecule has 8 nitrogen and oxygen atoms in total. The van der Waals surface area contributed by atoms with Gasteiger partial charge in [-0.2, -0.15) is 0 Å². The summed E-state index contributed by atoms with van der Waals surface area (Å²) in [5, 5.41) is 5.07. The summed E-state index contributed by atoms with van der Waals surface area (Å²) in [6, 6.07) is 10.2. The predicted molar refractivity (Wildman–Crippen MR) is 99.6 cm³/mol. The van der Waals surface area contributed by atoms with Crippen LogP contribution in [0.25, 0.3) is 0 Å². The first-order valence-electron chi connectivity index (χ1n) is 8.04. The predicted octanol–water partition coefficient (Wildman–Crippen LogP) is 1.98. The molecule has 0 aliphatic heterocycles. The van der Waals surface area contributed by atoms with E-state index in [4.69, 9.17) is 18.9 Å². The lowest BCUT2D eigenvalue weighted by Crippen LogP contribution is -2.34. The molecule has 0 bridgehead atoms. The minimum absolute atomic E-state index is 0.214. The molecule has 0 radical (unpaired) electrons. The second-order valence-corrected chi connectivity index (χ2v) is 5.40. The van der Waals surface area contributed by atoms with E-state index in [1.807, 2.05) is 0 Å². The lowest BCUT2D eigenvalue weighted by atomic mass is 10.2. The lowest BCUT2D eigenvalue weighted by Gasteiger charge is -2.14. The third-order valence-corrected chi connectivity index (χ3v) is 3.74. The normalized spacial score (nSPS) is 9.93. The molecule has 0 saturated carbocycles. The van der Waals surface area contributed by atoms with E-state index >= 15 is 0 Å². The number of benzene rings is 2. The van der Waals surface area contributed by atoms with Crippen LogP contribution >= 0.6 is 0 Å². The molecule has 0 saturated heterocycles. The van der Waals surface area contributed by atoms with E-state index in [-0.39, 0.29) is 6.54 Å². The van der Waals surface area contributed by atoms with Gasteiger partial charge in [0, 0.05) is 24.4 Å². The number of rotatable bonds is 7. The van der Waals surface area contributed by atoms with Gasteiger partial charge in [0.25, 0.3) is 0 Å². The van der Waals surface area contributed by atoms with E-state index in [1.165, 1.54) is 33.5 Å². The van der Waals surface area contributed by atoms with Crippen molar-refractivity contribution >= 4 is 17.5 Å². The number of carbonyl (C=O) groups is 2. The average Bonchev–Trinajstić information content (AvgIpc) is 2.71. The molecule has 2 aromatic carbocycles. The second-order valence-electron chi connectivity index (χ2n) is 5.40. The molecule has 0 aliphatic rings. The third-order valence-electron chi connectivity index (χ3n) is 3.74. The minimum Gasteiger partial charge on any atom is -0.497 e. The van der Waals surface area contributed by atoms with Crippen LogP contribution in [-0.4, -0.2) is 40.3 Å². The molecule has 0 fully saturated rings. The van der Waals surface area contributed by atoms with Crippen LogP contribution in [0.15, 0.2) is 36.4 Å². The Hall–Kier alpha value is -3.42. The number of methoxy groups -OCH3 is 4. The zero-order valence-corrected chi connectivity index (χ0v) is 15.6. The minimum atomic E-state index is -0.808. The highest BCUT2D eigenvalue weighted by atomic mass is 16.5. The number of nitrogens with one attached hydrogen (secondary N) is 2. The zero-order valence-electron chi connectivity index (χ0n) is 15.6. The van der Waals surface area contributed by atoms with Gasteiger partial charge in [-0.3, -0.25) is 9.59 Å². The summed E-state index contributed by atoms with van der Waals surface area (Å²) in [7, 11) is 5.98. The van der Waals surface area contributed by atoms with Crippen LogP contribution in [-0.2, 0) is 16.1 Å². The number of anilines is 1. The van der Waals surface area contributed by atoms with Gasteiger partial charge >= 0.3 is 11.8 Å². The molecule has 0 unspecified atom stereocenters. The first-order valence-corrected chi connectivity index (χ1v) is 8.04. The third kappa shape index (κ3) is 5.04. The van der Waals surface area contributed by atoms with Crippen LogP contribution in [0.3, 0.4) is 0 Å². The molecule has 8 heteroatoms. The topological polar surface area (TPSA) is 95.1 Å². The highest BCUT2D eigenvalue weighted by Crippen LogP contribution is 2.39. The van der Waals surface area contributed by atoms with Gasteiger partial charge < -0.3 is 29.6 Å². The molecule has 2 rings (SSSR count). The quantitative estimate of drug-likeness (QED) is 0.720. The Labute approximate surface area is 157 Å². The van der Waals surface area contributed by atoms with Gasteiger partial charge in [0.15, 0.2) is 11.5 Å². The highest BCUT2D eigenvalue weighted by molar-refractivity contribution is 6.39. The molecule has 0 atom stereocenters. The van der Waals surface area contributed by atoms with Gasteiger partial charge in [0.1, 0.15) is 5.75 Å². The number of amides is 2. The number of carbonyl (C=O) groups excluding carboxylic acids is 2. The summed E-state index contributed by atoms with van der Waals surface area (Å²) in [6.45, 7) is 0.214. The van der Waals surface area contributed by atoms with E-state index in [2.05, 4.69) is 10.6 Å². The molecule has 2 amide bonds. The van der Waals surface area contributed by atoms with Gasteiger partial charge in [-0.15, -0.1) is 0 Å². The Kier molecular flexibility index (Phi) is 6.87. The van der Waals surface area contributed by atoms with E-state index < -0.39 is 11.8 Å². The molecular weight excluding hydrogens is 352 g/mol. The van der Waals surface area contributed by atoms with Crippen molar-refractivity contribution in [3.8, 4) is 23.0 Å². The Morgan fingerprint density at radius 2 is 1.41 bits per heavy atom. The molecule has 0 spiro atoms. The van der Waals surface area contributed by atoms with Crippen molar-refractivity contribution in [3.63, 3.8) is 0 Å². The van der Waals surface area contributed by atoms with Gasteiger partial charge in [0.2, 0.25) is 5.75 Å². The van der Waals surface area contributed by atoms with E-state index in [1.54, 1.807) is 31.4 Å². The monoisotopic (exact) mass is 374 g/mol. The first-order chi connectivity index (χ1) is 13.0. The number of ether oxygens (including phenoxy) is 4. The maximum Gasteiger partial charge on any atom is 0.313 e. The molecule has 0 heterocycles. The Balaban J connectivity index is 2.01. The fourth-order valence-electron chi connectivity index (χ4n) is 2.35. The average molecular weight is 374 g/mol. The van der Waals surface area contributed by atoms with Crippen LogP contribution in [0.4, 0.5) is 5.69 Å². The number of hydrogen-bond acceptors (Lipinski definition) is 6. The smallest absolute Gasteiger partial charge is 0.313 e. The molecule has 2 aromatic rings. The van der Waals surface area contributed by atoms with Crippen LogP contribution in [0.2, 0.25) is 0 Å². The zero-order chi connectivity index (χ0) is 19.8. The standard InChI is InChI=1S/C19H22N2O6/c1-24-14-7-5-12(6-8-14)11-20-18(22)19(23)21-13-9-15(25-2)17(27-4)16(10-13)26-3/h5-10H,11H2,1-4H3,(H,20,22)(H,21,23). The van der Waals surface area contributed by atoms with Crippen LogP contribution in [0.1, 0.15) is 5.56 Å². The summed E-state index contributed by atoms with van der Waals surface area (Å²) >= 11 is 0. The van der Waals surface area contributed by atoms with Gasteiger partial charge in [-0.1, -0.05) is 12.1 Å². The van der Waals surface area contributed by atoms with Gasteiger partial charge in [0.05, 0.1) is 28.4 Å². The van der Waals surface area contributed by atoms with Gasteiger partial charge in [-0.05, 0) is 17.7 Å². The molecule has 144 valence electrons. The van der Waals surface area contributed by atoms with Crippen LogP contribution in [0.5, 0.6) is 23.0 Å². The summed E-state index contributed by atoms with van der Waals surface area (Å²) in [5.41, 5.74) is 1.18. The maximum absolute atomic E-state index is 12.1.